The van der Waals surface area contributed by atoms with Crippen LogP contribution in [0.1, 0.15) is 50.4 Å². The fraction of sp³-hybridized carbons (Fsp3) is 0.846. The molecule has 0 radical (unpaired) electrons. The molecule has 3 rings (SSSR count). The Hall–Kier alpha value is -0.980. The fourth-order valence-corrected chi connectivity index (χ4v) is 2.50. The molecule has 1 atom stereocenters. The van der Waals surface area contributed by atoms with Crippen LogP contribution in [0.15, 0.2) is 4.52 Å². The molecule has 0 aromatic carbocycles. The third-order valence-corrected chi connectivity index (χ3v) is 3.90. The van der Waals surface area contributed by atoms with Gasteiger partial charge in [0.1, 0.15) is 11.6 Å². The van der Waals surface area contributed by atoms with Gasteiger partial charge in [0.15, 0.2) is 0 Å². The molecule has 1 saturated carbocycles. The molecule has 1 aliphatic carbocycles. The topological polar surface area (TPSA) is 83.4 Å². The highest BCUT2D eigenvalue weighted by Gasteiger charge is 2.40. The lowest BCUT2D eigenvalue weighted by atomic mass is 9.91. The third-order valence-electron chi connectivity index (χ3n) is 3.90. The molecule has 1 aromatic rings. The van der Waals surface area contributed by atoms with Crippen molar-refractivity contribution in [1.29, 1.82) is 0 Å². The summed E-state index contributed by atoms with van der Waals surface area (Å²) in [7, 11) is 0. The van der Waals surface area contributed by atoms with Crippen molar-refractivity contribution >= 4 is 0 Å². The highest BCUT2D eigenvalue weighted by molar-refractivity contribution is 5.06. The van der Waals surface area contributed by atoms with E-state index in [1.807, 2.05) is 6.92 Å². The van der Waals surface area contributed by atoms with Crippen LogP contribution in [-0.4, -0.2) is 30.0 Å². The van der Waals surface area contributed by atoms with Gasteiger partial charge in [-0.05, 0) is 38.5 Å². The van der Waals surface area contributed by atoms with Gasteiger partial charge in [-0.3, -0.25) is 0 Å². The van der Waals surface area contributed by atoms with Crippen LogP contribution in [0.25, 0.3) is 0 Å². The Morgan fingerprint density at radius 3 is 2.79 bits per heavy atom. The van der Waals surface area contributed by atoms with Crippen molar-refractivity contribution in [2.45, 2.75) is 44.2 Å². The van der Waals surface area contributed by atoms with Crippen LogP contribution in [0.4, 0.5) is 0 Å². The van der Waals surface area contributed by atoms with Gasteiger partial charge >= 0.3 is 0 Å². The molecule has 0 amide bonds. The maximum atomic E-state index is 6.34. The van der Waals surface area contributed by atoms with Gasteiger partial charge in [0.05, 0.1) is 0 Å². The van der Waals surface area contributed by atoms with Crippen molar-refractivity contribution in [2.75, 3.05) is 19.8 Å². The second-order valence-corrected chi connectivity index (χ2v) is 5.44. The van der Waals surface area contributed by atoms with Crippen LogP contribution >= 0.6 is 0 Å². The summed E-state index contributed by atoms with van der Waals surface area (Å²) in [5.74, 6) is 1.71. The molecule has 2 N–H and O–H groups in total. The van der Waals surface area contributed by atoms with Gasteiger partial charge in [-0.15, -0.1) is 0 Å². The van der Waals surface area contributed by atoms with Crippen molar-refractivity contribution in [3.8, 4) is 0 Å². The van der Waals surface area contributed by atoms with Gasteiger partial charge in [0, 0.05) is 19.8 Å². The van der Waals surface area contributed by atoms with Gasteiger partial charge in [0.25, 0.3) is 0 Å². The van der Waals surface area contributed by atoms with Crippen molar-refractivity contribution in [1.82, 2.24) is 10.1 Å². The predicted molar refractivity (Wildman–Crippen MR) is 67.3 cm³/mol. The number of rotatable bonds is 5. The Morgan fingerprint density at radius 2 is 2.16 bits per heavy atom. The highest BCUT2D eigenvalue weighted by atomic mass is 16.5. The second-order valence-electron chi connectivity index (χ2n) is 5.44. The lowest BCUT2D eigenvalue weighted by Gasteiger charge is -2.29. The Morgan fingerprint density at radius 1 is 1.42 bits per heavy atom. The molecule has 19 heavy (non-hydrogen) atoms. The first-order chi connectivity index (χ1) is 9.23. The minimum Gasteiger partial charge on any atom is -0.381 e. The molecule has 6 nitrogen and oxygen atoms in total. The lowest BCUT2D eigenvalue weighted by molar-refractivity contribution is 0.0380. The summed E-state index contributed by atoms with van der Waals surface area (Å²) in [5.41, 5.74) is 5.80. The van der Waals surface area contributed by atoms with Crippen LogP contribution < -0.4 is 5.73 Å². The molecule has 2 fully saturated rings. The minimum absolute atomic E-state index is 0.0362. The van der Waals surface area contributed by atoms with E-state index in [1.54, 1.807) is 0 Å². The molecule has 2 heterocycles. The van der Waals surface area contributed by atoms with Crippen LogP contribution in [0.3, 0.4) is 0 Å². The van der Waals surface area contributed by atoms with Crippen LogP contribution in [0.2, 0.25) is 0 Å². The number of ether oxygens (including phenoxy) is 2. The van der Waals surface area contributed by atoms with Crippen molar-refractivity contribution in [2.24, 2.45) is 11.7 Å². The van der Waals surface area contributed by atoms with Gasteiger partial charge in [-0.25, -0.2) is 0 Å². The maximum absolute atomic E-state index is 6.34. The van der Waals surface area contributed by atoms with E-state index in [-0.39, 0.29) is 6.10 Å². The number of nitrogens with two attached hydrogens (primary N) is 1. The SMILES string of the molecule is CCOC(c1noc(C2(N)CCOCC2)n1)C1CC1. The predicted octanol–water partition coefficient (Wildman–Crippen LogP) is 1.52. The lowest BCUT2D eigenvalue weighted by Crippen LogP contribution is -2.42. The zero-order valence-electron chi connectivity index (χ0n) is 11.3. The second kappa shape index (κ2) is 5.19. The van der Waals surface area contributed by atoms with Gasteiger partial charge in [-0.1, -0.05) is 5.16 Å². The summed E-state index contributed by atoms with van der Waals surface area (Å²) in [4.78, 5) is 4.50. The molecule has 1 unspecified atom stereocenters. The first kappa shape index (κ1) is 13.0. The zero-order chi connectivity index (χ0) is 13.3. The molecule has 106 valence electrons. The van der Waals surface area contributed by atoms with Gasteiger partial charge in [0.2, 0.25) is 11.7 Å². The van der Waals surface area contributed by atoms with Crippen molar-refractivity contribution < 1.29 is 14.0 Å². The highest BCUT2D eigenvalue weighted by Crippen LogP contribution is 2.42. The molecule has 1 saturated heterocycles. The van der Waals surface area contributed by atoms with E-state index in [1.165, 1.54) is 12.8 Å². The van der Waals surface area contributed by atoms with Crippen molar-refractivity contribution in [3.63, 3.8) is 0 Å². The fourth-order valence-electron chi connectivity index (χ4n) is 2.50. The smallest absolute Gasteiger partial charge is 0.247 e. The molecule has 6 heteroatoms. The molecule has 0 spiro atoms. The van der Waals surface area contributed by atoms with Crippen LogP contribution in [0.5, 0.6) is 0 Å². The molecular weight excluding hydrogens is 246 g/mol. The summed E-state index contributed by atoms with van der Waals surface area (Å²) in [6.07, 6.45) is 3.76. The normalized spacial score (nSPS) is 24.3. The zero-order valence-corrected chi connectivity index (χ0v) is 11.3. The Balaban J connectivity index is 1.77. The molecule has 1 aliphatic heterocycles. The maximum Gasteiger partial charge on any atom is 0.247 e. The average Bonchev–Trinajstić information content (AvgIpc) is 3.13. The molecule has 0 bridgehead atoms. The average molecular weight is 267 g/mol. The van der Waals surface area contributed by atoms with E-state index in [0.29, 0.717) is 37.5 Å². The Bertz CT molecular complexity index is 425. The van der Waals surface area contributed by atoms with E-state index in [2.05, 4.69) is 10.1 Å². The first-order valence-electron chi connectivity index (χ1n) is 7.05. The number of nitrogens with zero attached hydrogens (tertiary/aromatic N) is 2. The number of aromatic nitrogens is 2. The van der Waals surface area contributed by atoms with E-state index in [0.717, 1.165) is 12.8 Å². The monoisotopic (exact) mass is 267 g/mol. The summed E-state index contributed by atoms with van der Waals surface area (Å²) in [6.45, 7) is 3.93. The third kappa shape index (κ3) is 2.66. The number of hydrogen-bond acceptors (Lipinski definition) is 6. The quantitative estimate of drug-likeness (QED) is 0.870. The summed E-state index contributed by atoms with van der Waals surface area (Å²) in [6, 6.07) is 0. The Labute approximate surface area is 112 Å². The number of hydrogen-bond donors (Lipinski definition) is 1. The van der Waals surface area contributed by atoms with Crippen LogP contribution in [-0.2, 0) is 15.0 Å². The first-order valence-corrected chi connectivity index (χ1v) is 7.05. The van der Waals surface area contributed by atoms with E-state index >= 15 is 0 Å². The van der Waals surface area contributed by atoms with Crippen LogP contribution in [0, 0.1) is 5.92 Å². The van der Waals surface area contributed by atoms with Crippen molar-refractivity contribution in [3.05, 3.63) is 11.7 Å². The molecular formula is C13H21N3O3. The Kier molecular flexibility index (Phi) is 3.56. The van der Waals surface area contributed by atoms with E-state index in [9.17, 15) is 0 Å². The molecule has 2 aliphatic rings. The van der Waals surface area contributed by atoms with E-state index in [4.69, 9.17) is 19.7 Å². The summed E-state index contributed by atoms with van der Waals surface area (Å²) in [5, 5.41) is 4.08. The van der Waals surface area contributed by atoms with Gasteiger partial charge < -0.3 is 19.7 Å². The molecule has 1 aromatic heterocycles. The van der Waals surface area contributed by atoms with E-state index < -0.39 is 5.54 Å². The summed E-state index contributed by atoms with van der Waals surface area (Å²) >= 11 is 0. The van der Waals surface area contributed by atoms with Gasteiger partial charge in [-0.2, -0.15) is 4.98 Å². The summed E-state index contributed by atoms with van der Waals surface area (Å²) < 4.78 is 16.5. The minimum atomic E-state index is -0.538. The standard InChI is InChI=1S/C13H21N3O3/c1-2-18-10(9-3-4-9)11-15-12(19-16-11)13(14)5-7-17-8-6-13/h9-10H,2-8,14H2,1H3. The largest absolute Gasteiger partial charge is 0.381 e.